The number of anilines is 1. The Balaban J connectivity index is 1.90. The van der Waals surface area contributed by atoms with Crippen LogP contribution in [0.1, 0.15) is 26.3 Å². The molecule has 2 aliphatic rings. The largest absolute Gasteiger partial charge is 0.400 e. The van der Waals surface area contributed by atoms with E-state index >= 15 is 0 Å². The second-order valence-electron chi connectivity index (χ2n) is 7.11. The molecule has 2 aliphatic carbocycles. The average molecular weight is 410 g/mol. The van der Waals surface area contributed by atoms with Crippen LogP contribution in [0.3, 0.4) is 0 Å². The van der Waals surface area contributed by atoms with Crippen molar-refractivity contribution in [3.63, 3.8) is 0 Å². The Bertz CT molecular complexity index is 1210. The summed E-state index contributed by atoms with van der Waals surface area (Å²) in [6.07, 6.45) is 1.13. The van der Waals surface area contributed by atoms with Crippen molar-refractivity contribution >= 4 is 27.4 Å². The fourth-order valence-corrected chi connectivity index (χ4v) is 4.50. The third kappa shape index (κ3) is 3.16. The van der Waals surface area contributed by atoms with Crippen molar-refractivity contribution in [2.24, 2.45) is 17.6 Å². The molecular formula is C21H18N2O5S. The van der Waals surface area contributed by atoms with Gasteiger partial charge in [0.2, 0.25) is 0 Å². The van der Waals surface area contributed by atoms with E-state index in [-0.39, 0.29) is 28.3 Å². The highest BCUT2D eigenvalue weighted by Gasteiger charge is 2.48. The summed E-state index contributed by atoms with van der Waals surface area (Å²) in [7, 11) is -4.70. The Morgan fingerprint density at radius 2 is 1.48 bits per heavy atom. The summed E-state index contributed by atoms with van der Waals surface area (Å²) in [6.45, 7) is 1.92. The number of rotatable bonds is 3. The van der Waals surface area contributed by atoms with Crippen LogP contribution in [-0.2, 0) is 10.1 Å². The Labute approximate surface area is 167 Å². The molecule has 0 saturated heterocycles. The van der Waals surface area contributed by atoms with E-state index in [2.05, 4.69) is 5.32 Å². The number of nitrogens with one attached hydrogen (secondary N) is 1. The number of nitrogens with two attached hydrogens (primary N) is 1. The predicted octanol–water partition coefficient (Wildman–Crippen LogP) is 2.67. The van der Waals surface area contributed by atoms with E-state index in [0.29, 0.717) is 5.69 Å². The monoisotopic (exact) mass is 410 g/mol. The summed E-state index contributed by atoms with van der Waals surface area (Å²) >= 11 is 0. The second kappa shape index (κ2) is 6.68. The summed E-state index contributed by atoms with van der Waals surface area (Å²) in [5.41, 5.74) is 7.93. The Hall–Kier alpha value is -3.23. The Morgan fingerprint density at radius 3 is 2.03 bits per heavy atom. The average Bonchev–Trinajstić information content (AvgIpc) is 2.68. The molecule has 0 fully saturated rings. The number of carbonyl (C=O) groups excluding carboxylic acids is 2. The normalized spacial score (nSPS) is 21.4. The van der Waals surface area contributed by atoms with Crippen molar-refractivity contribution < 1.29 is 22.6 Å². The van der Waals surface area contributed by atoms with Gasteiger partial charge in [0.1, 0.15) is 4.91 Å². The van der Waals surface area contributed by atoms with E-state index in [1.807, 2.05) is 19.1 Å². The number of aryl methyl sites for hydroxylation is 1. The van der Waals surface area contributed by atoms with Crippen LogP contribution < -0.4 is 11.1 Å². The van der Waals surface area contributed by atoms with E-state index in [9.17, 15) is 22.6 Å². The van der Waals surface area contributed by atoms with Gasteiger partial charge in [-0.15, -0.1) is 0 Å². The third-order valence-corrected chi connectivity index (χ3v) is 6.13. The minimum atomic E-state index is -4.70. The molecular weight excluding hydrogens is 392 g/mol. The lowest BCUT2D eigenvalue weighted by Crippen LogP contribution is -2.44. The zero-order valence-electron chi connectivity index (χ0n) is 15.4. The van der Waals surface area contributed by atoms with Gasteiger partial charge in [-0.2, -0.15) is 8.42 Å². The summed E-state index contributed by atoms with van der Waals surface area (Å²) in [4.78, 5) is 25.8. The van der Waals surface area contributed by atoms with Crippen LogP contribution >= 0.6 is 0 Å². The van der Waals surface area contributed by atoms with Gasteiger partial charge in [-0.3, -0.25) is 14.1 Å². The molecule has 2 atom stereocenters. The summed E-state index contributed by atoms with van der Waals surface area (Å²) in [5.74, 6) is -3.02. The van der Waals surface area contributed by atoms with Crippen LogP contribution in [0, 0.1) is 18.8 Å². The van der Waals surface area contributed by atoms with Crippen molar-refractivity contribution in [1.82, 2.24) is 0 Å². The first-order valence-corrected chi connectivity index (χ1v) is 10.3. The molecule has 4 rings (SSSR count). The zero-order valence-corrected chi connectivity index (χ0v) is 16.2. The van der Waals surface area contributed by atoms with Crippen molar-refractivity contribution in [2.45, 2.75) is 6.92 Å². The maximum Gasteiger partial charge on any atom is 0.296 e. The lowest BCUT2D eigenvalue weighted by Gasteiger charge is -2.36. The molecule has 0 saturated carbocycles. The van der Waals surface area contributed by atoms with E-state index in [4.69, 9.17) is 5.73 Å². The van der Waals surface area contributed by atoms with E-state index < -0.39 is 32.6 Å². The molecule has 2 unspecified atom stereocenters. The number of benzene rings is 2. The number of fused-ring (bicyclic) bond motifs is 2. The topological polar surface area (TPSA) is 127 Å². The van der Waals surface area contributed by atoms with Gasteiger partial charge in [0.05, 0.1) is 11.8 Å². The van der Waals surface area contributed by atoms with Crippen LogP contribution in [0.25, 0.3) is 0 Å². The van der Waals surface area contributed by atoms with Crippen molar-refractivity contribution in [3.05, 3.63) is 87.6 Å². The van der Waals surface area contributed by atoms with Crippen LogP contribution in [0.5, 0.6) is 0 Å². The minimum absolute atomic E-state index is 0.188. The van der Waals surface area contributed by atoms with Gasteiger partial charge in [-0.05, 0) is 25.1 Å². The van der Waals surface area contributed by atoms with Crippen LogP contribution in [0.15, 0.2) is 70.9 Å². The minimum Gasteiger partial charge on any atom is -0.400 e. The molecule has 2 aromatic rings. The maximum absolute atomic E-state index is 13.2. The summed E-state index contributed by atoms with van der Waals surface area (Å²) < 4.78 is 33.4. The van der Waals surface area contributed by atoms with Gasteiger partial charge in [0, 0.05) is 28.2 Å². The molecule has 0 bridgehead atoms. The van der Waals surface area contributed by atoms with Crippen LogP contribution in [0.4, 0.5) is 5.69 Å². The number of Topliss-reactive ketones (excluding diaryl/α,β-unsaturated/α-hetero) is 2. The number of allylic oxidation sites excluding steroid dienone is 3. The first kappa shape index (κ1) is 19.1. The van der Waals surface area contributed by atoms with Crippen LogP contribution in [-0.4, -0.2) is 24.5 Å². The van der Waals surface area contributed by atoms with Crippen molar-refractivity contribution in [1.29, 1.82) is 0 Å². The van der Waals surface area contributed by atoms with Gasteiger partial charge in [-0.1, -0.05) is 42.0 Å². The smallest absolute Gasteiger partial charge is 0.296 e. The van der Waals surface area contributed by atoms with Gasteiger partial charge in [-0.25, -0.2) is 0 Å². The maximum atomic E-state index is 13.2. The molecule has 148 valence electrons. The van der Waals surface area contributed by atoms with Crippen molar-refractivity contribution in [3.8, 4) is 0 Å². The Kier molecular flexibility index (Phi) is 4.40. The number of carbonyl (C=O) groups is 2. The first-order chi connectivity index (χ1) is 13.7. The lowest BCUT2D eigenvalue weighted by molar-refractivity contribution is 0.0785. The van der Waals surface area contributed by atoms with Gasteiger partial charge < -0.3 is 11.1 Å². The SMILES string of the molecule is Cc1ccc(NC2=CC(S(=O)(=O)O)=C(N)C3C(=O)c4ccccc4C(=O)C23)cc1. The first-order valence-electron chi connectivity index (χ1n) is 8.88. The molecule has 0 amide bonds. The molecule has 0 aliphatic heterocycles. The molecule has 0 spiro atoms. The highest BCUT2D eigenvalue weighted by atomic mass is 32.2. The van der Waals surface area contributed by atoms with Crippen molar-refractivity contribution in [2.75, 3.05) is 5.32 Å². The van der Waals surface area contributed by atoms with Gasteiger partial charge in [0.25, 0.3) is 10.1 Å². The molecule has 4 N–H and O–H groups in total. The van der Waals surface area contributed by atoms with E-state index in [1.54, 1.807) is 30.3 Å². The molecule has 0 radical (unpaired) electrons. The highest BCUT2D eigenvalue weighted by molar-refractivity contribution is 7.90. The van der Waals surface area contributed by atoms with E-state index in [0.717, 1.165) is 11.6 Å². The second-order valence-corrected chi connectivity index (χ2v) is 8.50. The summed E-state index contributed by atoms with van der Waals surface area (Å²) in [5, 5.41) is 3.03. The van der Waals surface area contributed by atoms with E-state index in [1.165, 1.54) is 6.07 Å². The van der Waals surface area contributed by atoms with Gasteiger partial charge >= 0.3 is 0 Å². The molecule has 0 aromatic heterocycles. The number of hydrogen-bond donors (Lipinski definition) is 3. The predicted molar refractivity (Wildman–Crippen MR) is 108 cm³/mol. The third-order valence-electron chi connectivity index (χ3n) is 5.22. The number of ketones is 2. The standard InChI is InChI=1S/C21H18N2O5S/c1-11-6-8-12(9-7-11)23-15-10-16(29(26,27)28)19(22)18-17(15)20(24)13-4-2-3-5-14(13)21(18)25/h2-10,17-18,23H,22H2,1H3,(H,26,27,28). The fraction of sp³-hybridized carbons (Fsp3) is 0.143. The fourth-order valence-electron chi connectivity index (χ4n) is 3.80. The molecule has 0 heterocycles. The van der Waals surface area contributed by atoms with Gasteiger partial charge in [0.15, 0.2) is 11.6 Å². The summed E-state index contributed by atoms with van der Waals surface area (Å²) in [6, 6.07) is 13.6. The Morgan fingerprint density at radius 1 is 0.931 bits per heavy atom. The van der Waals surface area contributed by atoms with Crippen LogP contribution in [0.2, 0.25) is 0 Å². The highest BCUT2D eigenvalue weighted by Crippen LogP contribution is 2.42. The zero-order chi connectivity index (χ0) is 20.9. The lowest BCUT2D eigenvalue weighted by atomic mass is 9.69. The molecule has 29 heavy (non-hydrogen) atoms. The molecule has 2 aromatic carbocycles. The molecule has 8 heteroatoms. The quantitative estimate of drug-likeness (QED) is 0.664. The number of hydrogen-bond acceptors (Lipinski definition) is 6. The molecule has 7 nitrogen and oxygen atoms in total.